The van der Waals surface area contributed by atoms with E-state index in [9.17, 15) is 33.6 Å². The molecule has 40 heavy (non-hydrogen) atoms. The standard InChI is InChI=1S/C22H34O16Si2/c1-14(2)22(29)31-11-10-30-20(27)8-9-21(28)32-12-19(36-39(34-15(3)23)35-16(4)24)13-33-40(7,37-17(5)25)38-18(6)26/h19,39H,1,8-13H2,2-7H3. The smallest absolute Gasteiger partial charge is 0.467 e. The second kappa shape index (κ2) is 18.6. The third-order valence-corrected chi connectivity index (χ3v) is 7.57. The number of esters is 3. The minimum Gasteiger partial charge on any atom is -0.467 e. The van der Waals surface area contributed by atoms with Crippen LogP contribution in [0.5, 0.6) is 0 Å². The lowest BCUT2D eigenvalue weighted by Crippen LogP contribution is -2.48. The van der Waals surface area contributed by atoms with Crippen molar-refractivity contribution in [2.45, 2.75) is 60.1 Å². The summed E-state index contributed by atoms with van der Waals surface area (Å²) in [7, 11) is -7.35. The van der Waals surface area contributed by atoms with E-state index in [1.165, 1.54) is 13.5 Å². The molecule has 0 N–H and O–H groups in total. The molecule has 0 aromatic carbocycles. The van der Waals surface area contributed by atoms with Crippen LogP contribution in [-0.2, 0) is 74.3 Å². The molecule has 0 aromatic rings. The summed E-state index contributed by atoms with van der Waals surface area (Å²) in [6, 6.07) is 0. The molecule has 1 unspecified atom stereocenters. The molecular formula is C22H34O16Si2. The van der Waals surface area contributed by atoms with Gasteiger partial charge in [0.1, 0.15) is 25.9 Å². The Balaban J connectivity index is 5.15. The molecule has 226 valence electrons. The first-order valence-electron chi connectivity index (χ1n) is 11.7. The summed E-state index contributed by atoms with van der Waals surface area (Å²) in [5.74, 6) is -5.50. The lowest BCUT2D eigenvalue weighted by Gasteiger charge is -2.27. The number of hydrogen-bond donors (Lipinski definition) is 0. The fourth-order valence-electron chi connectivity index (χ4n) is 2.43. The van der Waals surface area contributed by atoms with Crippen molar-refractivity contribution >= 4 is 60.1 Å². The lowest BCUT2D eigenvalue weighted by atomic mass is 10.3. The third kappa shape index (κ3) is 18.6. The van der Waals surface area contributed by atoms with Gasteiger partial charge in [0.2, 0.25) is 0 Å². The van der Waals surface area contributed by atoms with Crippen molar-refractivity contribution in [1.82, 2.24) is 0 Å². The Labute approximate surface area is 233 Å². The van der Waals surface area contributed by atoms with Gasteiger partial charge in [0.15, 0.2) is 0 Å². The highest BCUT2D eigenvalue weighted by atomic mass is 28.4. The molecule has 0 aliphatic rings. The molecule has 0 amide bonds. The van der Waals surface area contributed by atoms with E-state index in [1.54, 1.807) is 0 Å². The number of ether oxygens (including phenoxy) is 3. The van der Waals surface area contributed by atoms with Crippen LogP contribution in [0.1, 0.15) is 47.5 Å². The topological polar surface area (TPSA) is 203 Å². The predicted octanol–water partition coefficient (Wildman–Crippen LogP) is -0.0876. The van der Waals surface area contributed by atoms with Gasteiger partial charge in [-0.2, -0.15) is 0 Å². The summed E-state index contributed by atoms with van der Waals surface area (Å²) in [5, 5.41) is 0. The molecule has 0 saturated heterocycles. The first-order chi connectivity index (χ1) is 18.5. The van der Waals surface area contributed by atoms with Gasteiger partial charge < -0.3 is 40.8 Å². The Morgan fingerprint density at radius 1 is 0.700 bits per heavy atom. The van der Waals surface area contributed by atoms with Gasteiger partial charge in [0.05, 0.1) is 19.4 Å². The summed E-state index contributed by atoms with van der Waals surface area (Å²) in [4.78, 5) is 81.0. The second-order valence-corrected chi connectivity index (χ2v) is 11.7. The maximum absolute atomic E-state index is 12.2. The molecule has 0 spiro atoms. The van der Waals surface area contributed by atoms with Crippen LogP contribution in [0, 0.1) is 0 Å². The highest BCUT2D eigenvalue weighted by molar-refractivity contribution is 6.62. The average Bonchev–Trinajstić information content (AvgIpc) is 2.79. The quantitative estimate of drug-likeness (QED) is 0.0654. The van der Waals surface area contributed by atoms with E-state index < -0.39 is 85.9 Å². The average molecular weight is 611 g/mol. The zero-order valence-electron chi connectivity index (χ0n) is 23.1. The van der Waals surface area contributed by atoms with Gasteiger partial charge in [-0.1, -0.05) is 6.58 Å². The van der Waals surface area contributed by atoms with Crippen LogP contribution in [0.2, 0.25) is 6.55 Å². The van der Waals surface area contributed by atoms with Gasteiger partial charge in [0, 0.05) is 39.8 Å². The molecule has 0 bridgehead atoms. The van der Waals surface area contributed by atoms with Crippen molar-refractivity contribution < 1.29 is 74.3 Å². The monoisotopic (exact) mass is 610 g/mol. The van der Waals surface area contributed by atoms with Gasteiger partial charge in [-0.3, -0.25) is 28.8 Å². The Morgan fingerprint density at radius 2 is 1.18 bits per heavy atom. The molecule has 18 heteroatoms. The van der Waals surface area contributed by atoms with Gasteiger partial charge in [0.25, 0.3) is 23.9 Å². The largest absolute Gasteiger partial charge is 0.632 e. The minimum absolute atomic E-state index is 0.182. The summed E-state index contributed by atoms with van der Waals surface area (Å²) in [6.07, 6.45) is -2.02. The van der Waals surface area contributed by atoms with Crippen LogP contribution in [0.15, 0.2) is 12.2 Å². The van der Waals surface area contributed by atoms with Gasteiger partial charge in [-0.05, 0) is 6.92 Å². The van der Waals surface area contributed by atoms with Crippen molar-refractivity contribution in [3.05, 3.63) is 12.2 Å². The van der Waals surface area contributed by atoms with Crippen LogP contribution in [-0.4, -0.2) is 92.6 Å². The number of carbonyl (C=O) groups is 7. The third-order valence-electron chi connectivity index (χ3n) is 3.91. The molecule has 0 heterocycles. The molecule has 16 nitrogen and oxygen atoms in total. The van der Waals surface area contributed by atoms with E-state index in [0.29, 0.717) is 0 Å². The van der Waals surface area contributed by atoms with Crippen molar-refractivity contribution in [3.8, 4) is 0 Å². The number of hydrogen-bond acceptors (Lipinski definition) is 16. The fourth-order valence-corrected chi connectivity index (χ4v) is 5.29. The Morgan fingerprint density at radius 3 is 1.62 bits per heavy atom. The van der Waals surface area contributed by atoms with Crippen molar-refractivity contribution in [3.63, 3.8) is 0 Å². The molecule has 0 rings (SSSR count). The van der Waals surface area contributed by atoms with E-state index in [-0.39, 0.29) is 25.2 Å². The number of rotatable bonds is 18. The molecule has 0 saturated carbocycles. The Hall–Kier alpha value is -3.62. The predicted molar refractivity (Wildman–Crippen MR) is 134 cm³/mol. The first kappa shape index (κ1) is 36.4. The van der Waals surface area contributed by atoms with Crippen LogP contribution < -0.4 is 0 Å². The van der Waals surface area contributed by atoms with Crippen LogP contribution in [0.4, 0.5) is 0 Å². The van der Waals surface area contributed by atoms with Crippen LogP contribution >= 0.6 is 0 Å². The summed E-state index contributed by atoms with van der Waals surface area (Å²) in [6.45, 7) is 8.84. The van der Waals surface area contributed by atoms with Gasteiger partial charge >= 0.3 is 36.2 Å². The fraction of sp³-hybridized carbons (Fsp3) is 0.591. The molecular weight excluding hydrogens is 576 g/mol. The summed E-state index contributed by atoms with van der Waals surface area (Å²) < 4.78 is 45.5. The van der Waals surface area contributed by atoms with E-state index in [1.807, 2.05) is 0 Å². The maximum Gasteiger partial charge on any atom is 0.632 e. The first-order valence-corrected chi connectivity index (χ1v) is 15.3. The lowest BCUT2D eigenvalue weighted by molar-refractivity contribution is -0.155. The van der Waals surface area contributed by atoms with Gasteiger partial charge in [-0.25, -0.2) is 4.79 Å². The van der Waals surface area contributed by atoms with Crippen molar-refractivity contribution in [2.75, 3.05) is 26.4 Å². The van der Waals surface area contributed by atoms with Crippen molar-refractivity contribution in [1.29, 1.82) is 0 Å². The van der Waals surface area contributed by atoms with Crippen molar-refractivity contribution in [2.24, 2.45) is 0 Å². The highest BCUT2D eigenvalue weighted by Gasteiger charge is 2.43. The van der Waals surface area contributed by atoms with E-state index in [2.05, 4.69) is 6.58 Å². The molecule has 0 aromatic heterocycles. The maximum atomic E-state index is 12.2. The van der Waals surface area contributed by atoms with E-state index in [0.717, 1.165) is 27.7 Å². The zero-order chi connectivity index (χ0) is 30.9. The second-order valence-electron chi connectivity index (χ2n) is 7.95. The SMILES string of the molecule is C=C(C)C(=O)OCCOC(=O)CCC(=O)OCC(CO[Si](C)(OC(C)=O)OC(C)=O)O[SiH](OC(C)=O)OC(C)=O. The summed E-state index contributed by atoms with van der Waals surface area (Å²) >= 11 is 0. The zero-order valence-corrected chi connectivity index (χ0v) is 25.3. The Kier molecular flexibility index (Phi) is 16.9. The highest BCUT2D eigenvalue weighted by Crippen LogP contribution is 2.13. The van der Waals surface area contributed by atoms with E-state index >= 15 is 0 Å². The van der Waals surface area contributed by atoms with Crippen LogP contribution in [0.3, 0.4) is 0 Å². The van der Waals surface area contributed by atoms with E-state index in [4.69, 9.17) is 40.8 Å². The molecule has 1 atom stereocenters. The minimum atomic E-state index is -3.89. The Bertz CT molecular complexity index is 917. The molecule has 0 aliphatic heterocycles. The summed E-state index contributed by atoms with van der Waals surface area (Å²) in [5.41, 5.74) is 0.182. The molecule has 0 aliphatic carbocycles. The number of carbonyl (C=O) groups excluding carboxylic acids is 7. The molecule has 0 fully saturated rings. The normalized spacial score (nSPS) is 11.5. The van der Waals surface area contributed by atoms with Crippen LogP contribution in [0.25, 0.3) is 0 Å². The molecule has 0 radical (unpaired) electrons. The van der Waals surface area contributed by atoms with Gasteiger partial charge in [-0.15, -0.1) is 0 Å².